The van der Waals surface area contributed by atoms with E-state index in [1.807, 2.05) is 0 Å². The first-order valence-electron chi connectivity index (χ1n) is 5.46. The minimum Gasteiger partial charge on any atom is -0.465 e. The third kappa shape index (κ3) is 2.09. The molecule has 2 heterocycles. The number of amides is 4. The van der Waals surface area contributed by atoms with E-state index in [4.69, 9.17) is 5.11 Å². The minimum atomic E-state index is -1.51. The van der Waals surface area contributed by atoms with Crippen LogP contribution in [0.1, 0.15) is 11.3 Å². The van der Waals surface area contributed by atoms with E-state index in [1.165, 1.54) is 4.68 Å². The molecule has 2 rings (SSSR count). The van der Waals surface area contributed by atoms with Gasteiger partial charge in [-0.3, -0.25) is 14.8 Å². The van der Waals surface area contributed by atoms with Crippen LogP contribution in [0.25, 0.3) is 0 Å². The highest BCUT2D eigenvalue weighted by atomic mass is 16.4. The Morgan fingerprint density at radius 1 is 1.58 bits per heavy atom. The fourth-order valence-corrected chi connectivity index (χ4v) is 2.10. The Bertz CT molecular complexity index is 566. The van der Waals surface area contributed by atoms with Gasteiger partial charge in [0.05, 0.1) is 6.54 Å². The number of carboxylic acid groups (broad SMARTS) is 1. The van der Waals surface area contributed by atoms with Gasteiger partial charge >= 0.3 is 12.1 Å². The molecule has 0 radical (unpaired) electrons. The second-order valence-corrected chi connectivity index (χ2v) is 4.31. The predicted octanol–water partition coefficient (Wildman–Crippen LogP) is -0.969. The molecule has 1 unspecified atom stereocenters. The van der Waals surface area contributed by atoms with Crippen LogP contribution >= 0.6 is 0 Å². The number of imide groups is 1. The quantitative estimate of drug-likeness (QED) is 0.524. The Morgan fingerprint density at radius 2 is 2.26 bits per heavy atom. The van der Waals surface area contributed by atoms with E-state index in [2.05, 4.69) is 21.0 Å². The SMILES string of the molecule is Cc1cn(C)nc1C1(CNC(=O)O)NC(=O)NC1=O. The molecule has 19 heavy (non-hydrogen) atoms. The van der Waals surface area contributed by atoms with Crippen molar-refractivity contribution >= 4 is 18.0 Å². The van der Waals surface area contributed by atoms with Crippen LogP contribution in [0.4, 0.5) is 9.59 Å². The molecule has 102 valence electrons. The van der Waals surface area contributed by atoms with Gasteiger partial charge in [0.15, 0.2) is 5.54 Å². The van der Waals surface area contributed by atoms with Gasteiger partial charge in [0.2, 0.25) is 0 Å². The second kappa shape index (κ2) is 4.26. The van der Waals surface area contributed by atoms with Gasteiger partial charge in [-0.2, -0.15) is 5.10 Å². The van der Waals surface area contributed by atoms with Gasteiger partial charge in [-0.15, -0.1) is 0 Å². The molecule has 4 N–H and O–H groups in total. The average Bonchev–Trinajstić information content (AvgIpc) is 2.77. The van der Waals surface area contributed by atoms with Gasteiger partial charge < -0.3 is 15.7 Å². The molecular formula is C10H13N5O4. The molecule has 9 heteroatoms. The summed E-state index contributed by atoms with van der Waals surface area (Å²) in [6.45, 7) is 1.43. The van der Waals surface area contributed by atoms with Crippen LogP contribution in [-0.4, -0.2) is 39.5 Å². The molecule has 4 amide bonds. The monoisotopic (exact) mass is 267 g/mol. The molecule has 0 aliphatic carbocycles. The highest BCUT2D eigenvalue weighted by Crippen LogP contribution is 2.25. The summed E-state index contributed by atoms with van der Waals surface area (Å²) in [5.41, 5.74) is -0.528. The highest BCUT2D eigenvalue weighted by molar-refractivity contribution is 6.07. The molecule has 0 bridgehead atoms. The van der Waals surface area contributed by atoms with Crippen molar-refractivity contribution in [1.29, 1.82) is 0 Å². The van der Waals surface area contributed by atoms with Crippen molar-refractivity contribution in [2.24, 2.45) is 7.05 Å². The lowest BCUT2D eigenvalue weighted by molar-refractivity contribution is -0.124. The number of carbonyl (C=O) groups excluding carboxylic acids is 2. The van der Waals surface area contributed by atoms with Crippen molar-refractivity contribution in [2.75, 3.05) is 6.54 Å². The number of aryl methyl sites for hydroxylation is 2. The lowest BCUT2D eigenvalue weighted by Crippen LogP contribution is -2.53. The Balaban J connectivity index is 2.45. The van der Waals surface area contributed by atoms with E-state index in [-0.39, 0.29) is 6.54 Å². The van der Waals surface area contributed by atoms with E-state index >= 15 is 0 Å². The number of hydrogen-bond acceptors (Lipinski definition) is 4. The Labute approximate surface area is 108 Å². The topological polar surface area (TPSA) is 125 Å². The molecule has 1 aliphatic rings. The van der Waals surface area contributed by atoms with E-state index < -0.39 is 23.6 Å². The van der Waals surface area contributed by atoms with E-state index in [0.717, 1.165) is 0 Å². The van der Waals surface area contributed by atoms with Gasteiger partial charge in [0.25, 0.3) is 5.91 Å². The Morgan fingerprint density at radius 3 is 2.68 bits per heavy atom. The zero-order valence-electron chi connectivity index (χ0n) is 10.4. The van der Waals surface area contributed by atoms with E-state index in [1.54, 1.807) is 20.2 Å². The summed E-state index contributed by atoms with van der Waals surface area (Å²) < 4.78 is 1.49. The van der Waals surface area contributed by atoms with Crippen LogP contribution in [0.3, 0.4) is 0 Å². The van der Waals surface area contributed by atoms with Crippen molar-refractivity contribution in [3.05, 3.63) is 17.5 Å². The first-order chi connectivity index (χ1) is 8.85. The first kappa shape index (κ1) is 12.9. The fourth-order valence-electron chi connectivity index (χ4n) is 2.10. The van der Waals surface area contributed by atoms with E-state index in [9.17, 15) is 14.4 Å². The van der Waals surface area contributed by atoms with Crippen LogP contribution in [0, 0.1) is 6.92 Å². The summed E-state index contributed by atoms with van der Waals surface area (Å²) in [4.78, 5) is 34.0. The number of nitrogens with zero attached hydrogens (tertiary/aromatic N) is 2. The largest absolute Gasteiger partial charge is 0.465 e. The molecular weight excluding hydrogens is 254 g/mol. The molecule has 1 atom stereocenters. The number of carbonyl (C=O) groups is 3. The summed E-state index contributed by atoms with van der Waals surface area (Å²) in [5.74, 6) is -0.631. The van der Waals surface area contributed by atoms with Crippen LogP contribution in [0.5, 0.6) is 0 Å². The average molecular weight is 267 g/mol. The van der Waals surface area contributed by atoms with Crippen molar-refractivity contribution in [1.82, 2.24) is 25.7 Å². The highest BCUT2D eigenvalue weighted by Gasteiger charge is 2.50. The molecule has 1 aromatic heterocycles. The van der Waals surface area contributed by atoms with Gasteiger partial charge in [-0.25, -0.2) is 9.59 Å². The summed E-state index contributed by atoms with van der Waals surface area (Å²) in [6.07, 6.45) is 0.386. The van der Waals surface area contributed by atoms with Gasteiger partial charge in [0, 0.05) is 13.2 Å². The zero-order valence-corrected chi connectivity index (χ0v) is 10.4. The maximum absolute atomic E-state index is 12.0. The number of hydrogen-bond donors (Lipinski definition) is 4. The van der Waals surface area contributed by atoms with E-state index in [0.29, 0.717) is 11.3 Å². The van der Waals surface area contributed by atoms with Crippen LogP contribution < -0.4 is 16.0 Å². The number of aromatic nitrogens is 2. The lowest BCUT2D eigenvalue weighted by atomic mass is 9.93. The first-order valence-corrected chi connectivity index (χ1v) is 5.46. The predicted molar refractivity (Wildman–Crippen MR) is 62.3 cm³/mol. The molecule has 9 nitrogen and oxygen atoms in total. The maximum atomic E-state index is 12.0. The number of rotatable bonds is 3. The van der Waals surface area contributed by atoms with Crippen molar-refractivity contribution in [2.45, 2.75) is 12.5 Å². The summed E-state index contributed by atoms with van der Waals surface area (Å²) in [7, 11) is 1.67. The third-order valence-corrected chi connectivity index (χ3v) is 2.86. The molecule has 1 aliphatic heterocycles. The Kier molecular flexibility index (Phi) is 2.89. The maximum Gasteiger partial charge on any atom is 0.404 e. The standard InChI is InChI=1S/C10H13N5O4/c1-5-3-15(2)14-6(5)10(4-11-9(18)19)7(16)12-8(17)13-10/h3,11H,4H2,1-2H3,(H,18,19)(H2,12,13,16,17). The van der Waals surface area contributed by atoms with Crippen LogP contribution in [0.2, 0.25) is 0 Å². The van der Waals surface area contributed by atoms with Crippen molar-refractivity contribution in [3.8, 4) is 0 Å². The molecule has 0 spiro atoms. The second-order valence-electron chi connectivity index (χ2n) is 4.31. The van der Waals surface area contributed by atoms with Crippen LogP contribution in [0.15, 0.2) is 6.20 Å². The summed E-state index contributed by atoms with van der Waals surface area (Å²) >= 11 is 0. The number of urea groups is 1. The third-order valence-electron chi connectivity index (χ3n) is 2.86. The Hall–Kier alpha value is -2.58. The summed E-state index contributed by atoms with van der Waals surface area (Å²) in [5, 5.41) is 19.5. The van der Waals surface area contributed by atoms with Gasteiger partial charge in [-0.1, -0.05) is 0 Å². The van der Waals surface area contributed by atoms with Gasteiger partial charge in [0.1, 0.15) is 5.69 Å². The summed E-state index contributed by atoms with van der Waals surface area (Å²) in [6, 6.07) is -0.678. The molecule has 1 aromatic rings. The van der Waals surface area contributed by atoms with Crippen molar-refractivity contribution < 1.29 is 19.5 Å². The molecule has 1 saturated heterocycles. The molecule has 0 aromatic carbocycles. The minimum absolute atomic E-state index is 0.294. The van der Waals surface area contributed by atoms with Crippen LogP contribution in [-0.2, 0) is 17.4 Å². The smallest absolute Gasteiger partial charge is 0.404 e. The molecule has 1 fully saturated rings. The van der Waals surface area contributed by atoms with Crippen molar-refractivity contribution in [3.63, 3.8) is 0 Å². The normalized spacial score (nSPS) is 22.0. The lowest BCUT2D eigenvalue weighted by Gasteiger charge is -2.24. The van der Waals surface area contributed by atoms with Gasteiger partial charge in [-0.05, 0) is 12.5 Å². The molecule has 0 saturated carbocycles. The number of nitrogens with one attached hydrogen (secondary N) is 3. The zero-order chi connectivity index (χ0) is 14.2. The fraction of sp³-hybridized carbons (Fsp3) is 0.400.